The summed E-state index contributed by atoms with van der Waals surface area (Å²) in [5.74, 6) is -0.200. The molecule has 3 rings (SSSR count). The Bertz CT molecular complexity index is 709. The second-order valence-electron chi connectivity index (χ2n) is 4.86. The minimum Gasteiger partial charge on any atom is -0.472 e. The number of para-hydroxylation sites is 1. The highest BCUT2D eigenvalue weighted by molar-refractivity contribution is 5.94. The molecule has 110 valence electrons. The van der Waals surface area contributed by atoms with Gasteiger partial charge < -0.3 is 4.42 Å². The molecule has 0 aliphatic rings. The topological polar surface area (TPSA) is 45.5 Å². The lowest BCUT2D eigenvalue weighted by Crippen LogP contribution is -2.41. The quantitative estimate of drug-likeness (QED) is 0.730. The highest BCUT2D eigenvalue weighted by atomic mass is 16.3. The molecular formula is C18H16N2O2. The van der Waals surface area contributed by atoms with Gasteiger partial charge in [-0.05, 0) is 23.8 Å². The van der Waals surface area contributed by atoms with Crippen LogP contribution in [-0.2, 0) is 6.54 Å². The molecule has 2 aromatic carbocycles. The molecule has 4 nitrogen and oxygen atoms in total. The number of carbonyl (C=O) groups is 1. The molecule has 0 unspecified atom stereocenters. The lowest BCUT2D eigenvalue weighted by atomic mass is 10.2. The Balaban J connectivity index is 1.82. The molecule has 0 bridgehead atoms. The van der Waals surface area contributed by atoms with Crippen LogP contribution in [0.1, 0.15) is 15.9 Å². The highest BCUT2D eigenvalue weighted by Crippen LogP contribution is 2.15. The zero-order chi connectivity index (χ0) is 15.2. The normalized spacial score (nSPS) is 10.2. The Morgan fingerprint density at radius 2 is 1.64 bits per heavy atom. The number of anilines is 1. The average Bonchev–Trinajstić information content (AvgIpc) is 3.11. The van der Waals surface area contributed by atoms with Gasteiger partial charge in [-0.1, -0.05) is 48.5 Å². The fourth-order valence-corrected chi connectivity index (χ4v) is 2.15. The summed E-state index contributed by atoms with van der Waals surface area (Å²) in [7, 11) is 0. The van der Waals surface area contributed by atoms with Crippen molar-refractivity contribution in [1.29, 1.82) is 0 Å². The average molecular weight is 292 g/mol. The van der Waals surface area contributed by atoms with Gasteiger partial charge >= 0.3 is 0 Å². The molecule has 0 atom stereocenters. The number of carbonyl (C=O) groups excluding carboxylic acids is 1. The molecule has 1 aromatic heterocycles. The zero-order valence-electron chi connectivity index (χ0n) is 12.0. The van der Waals surface area contributed by atoms with E-state index in [-0.39, 0.29) is 5.91 Å². The van der Waals surface area contributed by atoms with Crippen molar-refractivity contribution < 1.29 is 9.21 Å². The number of benzene rings is 2. The fraction of sp³-hybridized carbons (Fsp3) is 0.0556. The van der Waals surface area contributed by atoms with Gasteiger partial charge in [0.2, 0.25) is 0 Å². The van der Waals surface area contributed by atoms with Crippen LogP contribution in [0, 0.1) is 0 Å². The third kappa shape index (κ3) is 3.35. The van der Waals surface area contributed by atoms with E-state index in [1.807, 2.05) is 65.7 Å². The Hall–Kier alpha value is -3.01. The maximum atomic E-state index is 12.3. The molecule has 1 heterocycles. The number of nitrogens with zero attached hydrogens (tertiary/aromatic N) is 1. The number of hydrazine groups is 1. The number of nitrogens with one attached hydrogen (secondary N) is 1. The number of rotatable bonds is 5. The SMILES string of the molecule is O=C(NN(Cc1ccccc1)c1ccccc1)c1ccoc1. The largest absolute Gasteiger partial charge is 0.472 e. The predicted molar refractivity (Wildman–Crippen MR) is 85.2 cm³/mol. The van der Waals surface area contributed by atoms with Gasteiger partial charge in [0.05, 0.1) is 24.1 Å². The van der Waals surface area contributed by atoms with E-state index >= 15 is 0 Å². The van der Waals surface area contributed by atoms with E-state index in [4.69, 9.17) is 4.42 Å². The molecule has 0 saturated heterocycles. The van der Waals surface area contributed by atoms with Gasteiger partial charge in [-0.3, -0.25) is 15.2 Å². The number of furan rings is 1. The van der Waals surface area contributed by atoms with Crippen molar-refractivity contribution in [2.45, 2.75) is 6.54 Å². The first-order chi connectivity index (χ1) is 10.8. The van der Waals surface area contributed by atoms with E-state index in [1.165, 1.54) is 12.5 Å². The monoisotopic (exact) mass is 292 g/mol. The van der Waals surface area contributed by atoms with Crippen LogP contribution in [0.5, 0.6) is 0 Å². The molecule has 0 spiro atoms. The molecule has 3 aromatic rings. The van der Waals surface area contributed by atoms with Crippen LogP contribution in [0.2, 0.25) is 0 Å². The van der Waals surface area contributed by atoms with Crippen molar-refractivity contribution in [2.24, 2.45) is 0 Å². The van der Waals surface area contributed by atoms with Gasteiger partial charge in [0.15, 0.2) is 0 Å². The van der Waals surface area contributed by atoms with Crippen LogP contribution in [0.3, 0.4) is 0 Å². The molecular weight excluding hydrogens is 276 g/mol. The standard InChI is InChI=1S/C18H16N2O2/c21-18(16-11-12-22-14-16)19-20(17-9-5-2-6-10-17)13-15-7-3-1-4-8-15/h1-12,14H,13H2,(H,19,21). The zero-order valence-corrected chi connectivity index (χ0v) is 12.0. The number of hydrogen-bond donors (Lipinski definition) is 1. The number of amides is 1. The van der Waals surface area contributed by atoms with E-state index in [1.54, 1.807) is 6.07 Å². The van der Waals surface area contributed by atoms with E-state index in [0.29, 0.717) is 12.1 Å². The minimum atomic E-state index is -0.200. The molecule has 0 fully saturated rings. The first-order valence-electron chi connectivity index (χ1n) is 7.02. The van der Waals surface area contributed by atoms with Gasteiger partial charge in [0.1, 0.15) is 6.26 Å². The third-order valence-electron chi connectivity index (χ3n) is 3.27. The van der Waals surface area contributed by atoms with Crippen molar-refractivity contribution in [3.8, 4) is 0 Å². The summed E-state index contributed by atoms with van der Waals surface area (Å²) < 4.78 is 4.96. The Kier molecular flexibility index (Phi) is 4.20. The lowest BCUT2D eigenvalue weighted by Gasteiger charge is -2.25. The van der Waals surface area contributed by atoms with E-state index < -0.39 is 0 Å². The Labute approximate surface area is 129 Å². The maximum Gasteiger partial charge on any atom is 0.273 e. The van der Waals surface area contributed by atoms with Crippen molar-refractivity contribution in [3.63, 3.8) is 0 Å². The second-order valence-corrected chi connectivity index (χ2v) is 4.86. The van der Waals surface area contributed by atoms with Gasteiger partial charge in [0, 0.05) is 0 Å². The minimum absolute atomic E-state index is 0.200. The van der Waals surface area contributed by atoms with Crippen molar-refractivity contribution in [2.75, 3.05) is 5.01 Å². The molecule has 0 aliphatic heterocycles. The van der Waals surface area contributed by atoms with Gasteiger partial charge in [-0.25, -0.2) is 0 Å². The molecule has 1 amide bonds. The summed E-state index contributed by atoms with van der Waals surface area (Å²) >= 11 is 0. The molecule has 4 heteroatoms. The Morgan fingerprint density at radius 1 is 0.955 bits per heavy atom. The van der Waals surface area contributed by atoms with Crippen LogP contribution in [0.25, 0.3) is 0 Å². The smallest absolute Gasteiger partial charge is 0.273 e. The van der Waals surface area contributed by atoms with Crippen molar-refractivity contribution >= 4 is 11.6 Å². The predicted octanol–water partition coefficient (Wildman–Crippen LogP) is 3.63. The van der Waals surface area contributed by atoms with E-state index in [9.17, 15) is 4.79 Å². The van der Waals surface area contributed by atoms with Crippen LogP contribution < -0.4 is 10.4 Å². The first kappa shape index (κ1) is 13.9. The van der Waals surface area contributed by atoms with Gasteiger partial charge in [0.25, 0.3) is 5.91 Å². The second kappa shape index (κ2) is 6.63. The molecule has 0 saturated carbocycles. The van der Waals surface area contributed by atoms with Gasteiger partial charge in [-0.2, -0.15) is 0 Å². The van der Waals surface area contributed by atoms with Crippen molar-refractivity contribution in [1.82, 2.24) is 5.43 Å². The van der Waals surface area contributed by atoms with Crippen LogP contribution in [-0.4, -0.2) is 5.91 Å². The highest BCUT2D eigenvalue weighted by Gasteiger charge is 2.13. The molecule has 0 radical (unpaired) electrons. The number of hydrogen-bond acceptors (Lipinski definition) is 3. The first-order valence-corrected chi connectivity index (χ1v) is 7.02. The molecule has 1 N–H and O–H groups in total. The summed E-state index contributed by atoms with van der Waals surface area (Å²) in [6.07, 6.45) is 2.92. The summed E-state index contributed by atoms with van der Waals surface area (Å²) in [5, 5.41) is 1.82. The van der Waals surface area contributed by atoms with Crippen LogP contribution >= 0.6 is 0 Å². The summed E-state index contributed by atoms with van der Waals surface area (Å²) in [4.78, 5) is 12.3. The summed E-state index contributed by atoms with van der Waals surface area (Å²) in [6.45, 7) is 0.578. The third-order valence-corrected chi connectivity index (χ3v) is 3.27. The Morgan fingerprint density at radius 3 is 2.27 bits per heavy atom. The lowest BCUT2D eigenvalue weighted by molar-refractivity contribution is 0.0947. The summed E-state index contributed by atoms with van der Waals surface area (Å²) in [6, 6.07) is 21.4. The van der Waals surface area contributed by atoms with E-state index in [0.717, 1.165) is 11.3 Å². The molecule has 0 aliphatic carbocycles. The van der Waals surface area contributed by atoms with E-state index in [2.05, 4.69) is 5.43 Å². The maximum absolute atomic E-state index is 12.3. The van der Waals surface area contributed by atoms with Crippen LogP contribution in [0.4, 0.5) is 5.69 Å². The van der Waals surface area contributed by atoms with Gasteiger partial charge in [-0.15, -0.1) is 0 Å². The summed E-state index contributed by atoms with van der Waals surface area (Å²) in [5.41, 5.74) is 5.44. The fourth-order valence-electron chi connectivity index (χ4n) is 2.15. The van der Waals surface area contributed by atoms with Crippen LogP contribution in [0.15, 0.2) is 83.7 Å². The molecule has 22 heavy (non-hydrogen) atoms. The van der Waals surface area contributed by atoms with Crippen molar-refractivity contribution in [3.05, 3.63) is 90.4 Å².